The molecule has 0 radical (unpaired) electrons. The number of piperidine rings is 1. The first-order valence-electron chi connectivity index (χ1n) is 6.51. The highest BCUT2D eigenvalue weighted by Gasteiger charge is 2.22. The van der Waals surface area contributed by atoms with Gasteiger partial charge in [-0.15, -0.1) is 0 Å². The van der Waals surface area contributed by atoms with Gasteiger partial charge in [0.05, 0.1) is 6.04 Å². The summed E-state index contributed by atoms with van der Waals surface area (Å²) in [6, 6.07) is 8.67. The Balaban J connectivity index is 1.78. The Labute approximate surface area is 107 Å². The molecule has 2 aromatic rings. The van der Waals surface area contributed by atoms with Crippen molar-refractivity contribution in [3.05, 3.63) is 42.4 Å². The average Bonchev–Trinajstić information content (AvgIpc) is 2.93. The molecule has 1 atom stereocenters. The number of aromatic nitrogens is 3. The second-order valence-electron chi connectivity index (χ2n) is 4.87. The molecule has 1 saturated heterocycles. The predicted octanol–water partition coefficient (Wildman–Crippen LogP) is 2.43. The normalized spacial score (nSPS) is 20.1. The fourth-order valence-corrected chi connectivity index (χ4v) is 2.58. The van der Waals surface area contributed by atoms with Crippen LogP contribution in [0, 0.1) is 6.92 Å². The highest BCUT2D eigenvalue weighted by molar-refractivity contribution is 5.39. The zero-order valence-electron chi connectivity index (χ0n) is 10.7. The van der Waals surface area contributed by atoms with Crippen LogP contribution in [0.15, 0.2) is 36.7 Å². The van der Waals surface area contributed by atoms with E-state index < -0.39 is 0 Å². The zero-order chi connectivity index (χ0) is 12.4. The Morgan fingerprint density at radius 1 is 1.28 bits per heavy atom. The topological polar surface area (TPSA) is 34.0 Å². The highest BCUT2D eigenvalue weighted by atomic mass is 15.3. The number of hydrogen-bond acceptors (Lipinski definition) is 3. The first-order chi connectivity index (χ1) is 8.83. The van der Waals surface area contributed by atoms with Crippen molar-refractivity contribution in [1.82, 2.24) is 14.8 Å². The summed E-state index contributed by atoms with van der Waals surface area (Å²) in [5, 5.41) is 4.36. The molecule has 0 unspecified atom stereocenters. The minimum atomic E-state index is 0.469. The van der Waals surface area contributed by atoms with Crippen molar-refractivity contribution in [2.45, 2.75) is 25.8 Å². The van der Waals surface area contributed by atoms with Crippen LogP contribution in [0.3, 0.4) is 0 Å². The lowest BCUT2D eigenvalue weighted by atomic mass is 10.1. The third kappa shape index (κ3) is 2.23. The van der Waals surface area contributed by atoms with E-state index >= 15 is 0 Å². The van der Waals surface area contributed by atoms with Gasteiger partial charge in [0.15, 0.2) is 0 Å². The first-order valence-corrected chi connectivity index (χ1v) is 6.51. The predicted molar refractivity (Wildman–Crippen MR) is 71.7 cm³/mol. The number of rotatable bonds is 2. The van der Waals surface area contributed by atoms with Gasteiger partial charge in [-0.1, -0.05) is 6.07 Å². The van der Waals surface area contributed by atoms with E-state index in [2.05, 4.69) is 38.0 Å². The SMILES string of the molecule is Cc1cccc(N2CCC[C@H](n3cccn3)C2)n1. The maximum absolute atomic E-state index is 4.61. The Kier molecular flexibility index (Phi) is 3.00. The van der Waals surface area contributed by atoms with Crippen LogP contribution in [0.4, 0.5) is 5.82 Å². The van der Waals surface area contributed by atoms with Gasteiger partial charge in [-0.3, -0.25) is 4.68 Å². The summed E-state index contributed by atoms with van der Waals surface area (Å²) in [7, 11) is 0. The average molecular weight is 242 g/mol. The van der Waals surface area contributed by atoms with Crippen molar-refractivity contribution in [2.75, 3.05) is 18.0 Å². The van der Waals surface area contributed by atoms with Crippen molar-refractivity contribution in [2.24, 2.45) is 0 Å². The van der Waals surface area contributed by atoms with E-state index in [4.69, 9.17) is 0 Å². The molecule has 0 spiro atoms. The molecular formula is C14H18N4. The summed E-state index contributed by atoms with van der Waals surface area (Å²) in [5.74, 6) is 1.09. The zero-order valence-corrected chi connectivity index (χ0v) is 10.7. The van der Waals surface area contributed by atoms with Crippen LogP contribution in [-0.2, 0) is 0 Å². The molecule has 0 amide bonds. The van der Waals surface area contributed by atoms with Crippen LogP contribution in [0.2, 0.25) is 0 Å². The van der Waals surface area contributed by atoms with Gasteiger partial charge in [0.2, 0.25) is 0 Å². The van der Waals surface area contributed by atoms with Gasteiger partial charge in [0.25, 0.3) is 0 Å². The molecule has 1 aliphatic rings. The quantitative estimate of drug-likeness (QED) is 0.811. The van der Waals surface area contributed by atoms with Crippen LogP contribution in [0.5, 0.6) is 0 Å². The molecule has 3 heterocycles. The number of pyridine rings is 1. The second kappa shape index (κ2) is 4.80. The van der Waals surface area contributed by atoms with E-state index in [1.807, 2.05) is 25.3 Å². The largest absolute Gasteiger partial charge is 0.354 e. The molecule has 18 heavy (non-hydrogen) atoms. The van der Waals surface area contributed by atoms with E-state index in [-0.39, 0.29) is 0 Å². The maximum atomic E-state index is 4.61. The number of hydrogen-bond donors (Lipinski definition) is 0. The van der Waals surface area contributed by atoms with Crippen LogP contribution < -0.4 is 4.90 Å². The lowest BCUT2D eigenvalue weighted by Crippen LogP contribution is -2.37. The maximum Gasteiger partial charge on any atom is 0.128 e. The van der Waals surface area contributed by atoms with Crippen molar-refractivity contribution >= 4 is 5.82 Å². The number of nitrogens with zero attached hydrogens (tertiary/aromatic N) is 4. The van der Waals surface area contributed by atoms with E-state index in [1.54, 1.807) is 0 Å². The monoisotopic (exact) mass is 242 g/mol. The summed E-state index contributed by atoms with van der Waals surface area (Å²) in [4.78, 5) is 6.97. The molecule has 2 aromatic heterocycles. The number of aryl methyl sites for hydroxylation is 1. The van der Waals surface area contributed by atoms with Crippen LogP contribution in [0.25, 0.3) is 0 Å². The Hall–Kier alpha value is -1.84. The fraction of sp³-hybridized carbons (Fsp3) is 0.429. The van der Waals surface area contributed by atoms with Crippen molar-refractivity contribution in [3.63, 3.8) is 0 Å². The highest BCUT2D eigenvalue weighted by Crippen LogP contribution is 2.24. The number of anilines is 1. The molecule has 3 rings (SSSR count). The lowest BCUT2D eigenvalue weighted by molar-refractivity contribution is 0.375. The third-order valence-corrected chi connectivity index (χ3v) is 3.49. The van der Waals surface area contributed by atoms with Gasteiger partial charge in [-0.05, 0) is 38.0 Å². The molecule has 0 aliphatic carbocycles. The summed E-state index contributed by atoms with van der Waals surface area (Å²) in [5.41, 5.74) is 1.08. The van der Waals surface area contributed by atoms with Crippen molar-refractivity contribution in [1.29, 1.82) is 0 Å². The molecule has 4 nitrogen and oxygen atoms in total. The second-order valence-corrected chi connectivity index (χ2v) is 4.87. The van der Waals surface area contributed by atoms with Crippen LogP contribution >= 0.6 is 0 Å². The Bertz CT molecular complexity index is 506. The van der Waals surface area contributed by atoms with Gasteiger partial charge in [-0.25, -0.2) is 4.98 Å². The molecular weight excluding hydrogens is 224 g/mol. The van der Waals surface area contributed by atoms with Crippen molar-refractivity contribution in [3.8, 4) is 0 Å². The summed E-state index contributed by atoms with van der Waals surface area (Å²) in [6.45, 7) is 4.13. The molecule has 94 valence electrons. The third-order valence-electron chi connectivity index (χ3n) is 3.49. The minimum Gasteiger partial charge on any atom is -0.354 e. The summed E-state index contributed by atoms with van der Waals surface area (Å²) < 4.78 is 2.07. The smallest absolute Gasteiger partial charge is 0.128 e. The molecule has 1 aliphatic heterocycles. The van der Waals surface area contributed by atoms with Gasteiger partial charge in [0.1, 0.15) is 5.82 Å². The molecule has 0 saturated carbocycles. The van der Waals surface area contributed by atoms with Gasteiger partial charge < -0.3 is 4.90 Å². The van der Waals surface area contributed by atoms with E-state index in [0.29, 0.717) is 6.04 Å². The Morgan fingerprint density at radius 2 is 2.22 bits per heavy atom. The molecule has 0 N–H and O–H groups in total. The molecule has 1 fully saturated rings. The van der Waals surface area contributed by atoms with E-state index in [1.165, 1.54) is 12.8 Å². The van der Waals surface area contributed by atoms with Crippen molar-refractivity contribution < 1.29 is 0 Å². The standard InChI is InChI=1S/C14H18N4/c1-12-5-2-7-14(16-12)17-9-3-6-13(11-17)18-10-4-8-15-18/h2,4-5,7-8,10,13H,3,6,9,11H2,1H3/t13-/m0/s1. The lowest BCUT2D eigenvalue weighted by Gasteiger charge is -2.33. The van der Waals surface area contributed by atoms with Crippen LogP contribution in [-0.4, -0.2) is 27.9 Å². The van der Waals surface area contributed by atoms with Crippen LogP contribution in [0.1, 0.15) is 24.6 Å². The Morgan fingerprint density at radius 3 is 3.00 bits per heavy atom. The fourth-order valence-electron chi connectivity index (χ4n) is 2.58. The van der Waals surface area contributed by atoms with E-state index in [0.717, 1.165) is 24.6 Å². The summed E-state index contributed by atoms with van der Waals surface area (Å²) in [6.07, 6.45) is 6.30. The minimum absolute atomic E-state index is 0.469. The summed E-state index contributed by atoms with van der Waals surface area (Å²) >= 11 is 0. The molecule has 4 heteroatoms. The van der Waals surface area contributed by atoms with Gasteiger partial charge in [-0.2, -0.15) is 5.10 Å². The van der Waals surface area contributed by atoms with E-state index in [9.17, 15) is 0 Å². The molecule has 0 bridgehead atoms. The first kappa shape index (κ1) is 11.3. The van der Waals surface area contributed by atoms with Gasteiger partial charge >= 0.3 is 0 Å². The van der Waals surface area contributed by atoms with Gasteiger partial charge in [0, 0.05) is 31.2 Å². The molecule has 0 aromatic carbocycles.